The van der Waals surface area contributed by atoms with Crippen LogP contribution in [-0.4, -0.2) is 9.97 Å². The fourth-order valence-corrected chi connectivity index (χ4v) is 3.07. The van der Waals surface area contributed by atoms with Crippen LogP contribution in [0.4, 0.5) is 13.2 Å². The van der Waals surface area contributed by atoms with E-state index >= 15 is 0 Å². The first-order chi connectivity index (χ1) is 13.5. The number of fused-ring (bicyclic) bond motifs is 2. The number of hydrogen-bond acceptors (Lipinski definition) is 0. The number of benzene rings is 3. The van der Waals surface area contributed by atoms with Gasteiger partial charge in [0.05, 0.1) is 0 Å². The van der Waals surface area contributed by atoms with Gasteiger partial charge in [0, 0.05) is 22.1 Å². The second-order valence-corrected chi connectivity index (χ2v) is 6.40. The molecule has 0 saturated heterocycles. The molecule has 0 aliphatic heterocycles. The summed E-state index contributed by atoms with van der Waals surface area (Å²) in [4.78, 5) is 5.72. The van der Waals surface area contributed by atoms with Crippen molar-refractivity contribution in [3.05, 3.63) is 96.7 Å². The van der Waals surface area contributed by atoms with Crippen LogP contribution in [0.3, 0.4) is 0 Å². The Morgan fingerprint density at radius 1 is 0.571 bits per heavy atom. The molecule has 0 unspecified atom stereocenters. The van der Waals surface area contributed by atoms with E-state index in [4.69, 9.17) is 0 Å². The molecular weight excluding hydrogens is 361 g/mol. The van der Waals surface area contributed by atoms with Crippen molar-refractivity contribution >= 4 is 21.8 Å². The van der Waals surface area contributed by atoms with Gasteiger partial charge in [-0.25, -0.2) is 0 Å². The lowest BCUT2D eigenvalue weighted by molar-refractivity contribution is -0.140. The number of aromatic nitrogens is 2. The molecule has 0 bridgehead atoms. The zero-order chi connectivity index (χ0) is 19.6. The van der Waals surface area contributed by atoms with Crippen molar-refractivity contribution in [3.8, 4) is 11.3 Å². The normalized spacial score (nSPS) is 11.4. The lowest BCUT2D eigenvalue weighted by Gasteiger charge is -2.00. The number of H-pyrrole nitrogens is 2. The van der Waals surface area contributed by atoms with E-state index in [0.717, 1.165) is 6.07 Å². The zero-order valence-electron chi connectivity index (χ0n) is 14.8. The topological polar surface area (TPSA) is 31.6 Å². The van der Waals surface area contributed by atoms with Gasteiger partial charge in [0.2, 0.25) is 0 Å². The monoisotopic (exact) mass is 378 g/mol. The molecule has 5 rings (SSSR count). The third-order valence-electron chi connectivity index (χ3n) is 4.45. The zero-order valence-corrected chi connectivity index (χ0v) is 14.8. The smallest absolute Gasteiger partial charge is 0.355 e. The highest BCUT2D eigenvalue weighted by Crippen LogP contribution is 2.30. The minimum atomic E-state index is -4.29. The van der Waals surface area contributed by atoms with Crippen LogP contribution in [0.2, 0.25) is 0 Å². The van der Waals surface area contributed by atoms with E-state index in [-0.39, 0.29) is 0 Å². The quantitative estimate of drug-likeness (QED) is 0.314. The summed E-state index contributed by atoms with van der Waals surface area (Å²) >= 11 is 0. The predicted molar refractivity (Wildman–Crippen MR) is 107 cm³/mol. The van der Waals surface area contributed by atoms with Crippen molar-refractivity contribution in [1.82, 2.24) is 9.97 Å². The van der Waals surface area contributed by atoms with Gasteiger partial charge in [-0.3, -0.25) is 0 Å². The van der Waals surface area contributed by atoms with Crippen molar-refractivity contribution in [1.29, 1.82) is 0 Å². The summed E-state index contributed by atoms with van der Waals surface area (Å²) in [5.74, 6) is 0. The van der Waals surface area contributed by atoms with Gasteiger partial charge in [-0.15, -0.1) is 0 Å². The molecule has 3 aromatic carbocycles. The Kier molecular flexibility index (Phi) is 4.65. The van der Waals surface area contributed by atoms with Gasteiger partial charge in [-0.2, -0.15) is 13.2 Å². The molecule has 0 saturated carbocycles. The summed E-state index contributed by atoms with van der Waals surface area (Å²) in [5.41, 5.74) is 3.41. The van der Waals surface area contributed by atoms with E-state index < -0.39 is 11.9 Å². The van der Waals surface area contributed by atoms with Crippen LogP contribution < -0.4 is 0 Å². The highest BCUT2D eigenvalue weighted by Gasteiger charge is 2.32. The molecule has 0 amide bonds. The summed E-state index contributed by atoms with van der Waals surface area (Å²) in [6.07, 6.45) is -4.29. The number of aromatic amines is 2. The van der Waals surface area contributed by atoms with Gasteiger partial charge in [0.25, 0.3) is 0 Å². The molecule has 0 radical (unpaired) electrons. The standard InChI is InChI=1S/C14H11N.C9H6F3N/c1-2-6-11(7-3-1)14-10-12-8-4-5-9-13(12)15-14;10-9(11,12)8-5-6-3-1-2-4-7(6)13-8/h1-10,15H;1-5,13H. The number of hydrogen-bond donors (Lipinski definition) is 2. The number of rotatable bonds is 1. The Morgan fingerprint density at radius 2 is 1.11 bits per heavy atom. The molecule has 0 aliphatic carbocycles. The Labute approximate surface area is 159 Å². The SMILES string of the molecule is FC(F)(F)c1cc2ccccc2[nH]1.c1ccc(-c2cc3ccccc3[nH]2)cc1. The number of nitrogens with one attached hydrogen (secondary N) is 2. The first kappa shape index (κ1) is 17.9. The third-order valence-corrected chi connectivity index (χ3v) is 4.45. The van der Waals surface area contributed by atoms with Gasteiger partial charge in [0.1, 0.15) is 5.69 Å². The van der Waals surface area contributed by atoms with Crippen LogP contribution >= 0.6 is 0 Å². The molecule has 28 heavy (non-hydrogen) atoms. The molecule has 0 spiro atoms. The van der Waals surface area contributed by atoms with E-state index in [1.807, 2.05) is 12.1 Å². The first-order valence-corrected chi connectivity index (χ1v) is 8.79. The van der Waals surface area contributed by atoms with Gasteiger partial charge >= 0.3 is 6.18 Å². The maximum absolute atomic E-state index is 12.2. The Morgan fingerprint density at radius 3 is 1.68 bits per heavy atom. The number of alkyl halides is 3. The van der Waals surface area contributed by atoms with E-state index in [9.17, 15) is 13.2 Å². The van der Waals surface area contributed by atoms with E-state index in [2.05, 4.69) is 58.5 Å². The molecule has 0 aliphatic rings. The van der Waals surface area contributed by atoms with Crippen molar-refractivity contribution in [2.75, 3.05) is 0 Å². The summed E-state index contributed by atoms with van der Waals surface area (Å²) in [7, 11) is 0. The van der Waals surface area contributed by atoms with E-state index in [0.29, 0.717) is 10.9 Å². The molecule has 2 nitrogen and oxygen atoms in total. The Hall–Kier alpha value is -3.47. The average molecular weight is 378 g/mol. The minimum Gasteiger partial charge on any atom is -0.355 e. The van der Waals surface area contributed by atoms with Crippen LogP contribution in [0, 0.1) is 0 Å². The summed E-state index contributed by atoms with van der Waals surface area (Å²) in [6, 6.07) is 28.7. The molecule has 140 valence electrons. The summed E-state index contributed by atoms with van der Waals surface area (Å²) in [6.45, 7) is 0. The summed E-state index contributed by atoms with van der Waals surface area (Å²) in [5, 5.41) is 1.84. The molecular formula is C23H17F3N2. The Bertz CT molecular complexity index is 1130. The first-order valence-electron chi connectivity index (χ1n) is 8.79. The lowest BCUT2D eigenvalue weighted by Crippen LogP contribution is -2.04. The predicted octanol–water partition coefficient (Wildman–Crippen LogP) is 7.02. The van der Waals surface area contributed by atoms with Crippen molar-refractivity contribution in [3.63, 3.8) is 0 Å². The molecule has 0 atom stereocenters. The minimum absolute atomic E-state index is 0.509. The van der Waals surface area contributed by atoms with Gasteiger partial charge in [-0.1, -0.05) is 66.7 Å². The molecule has 5 heteroatoms. The molecule has 2 heterocycles. The van der Waals surface area contributed by atoms with Crippen LogP contribution in [0.25, 0.3) is 33.1 Å². The van der Waals surface area contributed by atoms with E-state index in [1.54, 1.807) is 24.3 Å². The van der Waals surface area contributed by atoms with Crippen molar-refractivity contribution in [2.24, 2.45) is 0 Å². The van der Waals surface area contributed by atoms with Crippen molar-refractivity contribution < 1.29 is 13.2 Å². The molecule has 2 aromatic heterocycles. The van der Waals surface area contributed by atoms with Crippen LogP contribution in [0.5, 0.6) is 0 Å². The van der Waals surface area contributed by atoms with Crippen LogP contribution in [0.1, 0.15) is 5.69 Å². The highest BCUT2D eigenvalue weighted by atomic mass is 19.4. The average Bonchev–Trinajstić information content (AvgIpc) is 3.33. The van der Waals surface area contributed by atoms with Gasteiger partial charge in [-0.05, 0) is 35.2 Å². The van der Waals surface area contributed by atoms with Crippen LogP contribution in [0.15, 0.2) is 91.0 Å². The van der Waals surface area contributed by atoms with Gasteiger partial charge < -0.3 is 9.97 Å². The highest BCUT2D eigenvalue weighted by molar-refractivity contribution is 5.85. The van der Waals surface area contributed by atoms with Crippen LogP contribution in [-0.2, 0) is 6.18 Å². The lowest BCUT2D eigenvalue weighted by atomic mass is 10.1. The second kappa shape index (κ2) is 7.27. The fourth-order valence-electron chi connectivity index (χ4n) is 3.07. The Balaban J connectivity index is 0.000000139. The second-order valence-electron chi connectivity index (χ2n) is 6.40. The summed E-state index contributed by atoms with van der Waals surface area (Å²) < 4.78 is 36.6. The number of halogens is 3. The number of para-hydroxylation sites is 2. The molecule has 0 fully saturated rings. The van der Waals surface area contributed by atoms with Crippen molar-refractivity contribution in [2.45, 2.75) is 6.18 Å². The maximum atomic E-state index is 12.2. The molecule has 2 N–H and O–H groups in total. The molecule has 5 aromatic rings. The largest absolute Gasteiger partial charge is 0.431 e. The van der Waals surface area contributed by atoms with Gasteiger partial charge in [0.15, 0.2) is 0 Å². The van der Waals surface area contributed by atoms with E-state index in [1.165, 1.54) is 22.2 Å². The third kappa shape index (κ3) is 3.78. The maximum Gasteiger partial charge on any atom is 0.431 e. The fraction of sp³-hybridized carbons (Fsp3) is 0.0435.